The molecule has 23 heavy (non-hydrogen) atoms. The standard InChI is InChI=1S/C14H16N6O3/c1-18-8-10(6-16-18)14(21)19-5-4-11(9-19)17-13-3-2-12(7-15-13)20(22)23/h2-3,6-8,11H,4-5,9H2,1H3,(H,15,17). The molecule has 3 heterocycles. The maximum atomic E-state index is 12.3. The first-order valence-electron chi connectivity index (χ1n) is 7.18. The van der Waals surface area contributed by atoms with E-state index < -0.39 is 4.92 Å². The Labute approximate surface area is 132 Å². The van der Waals surface area contributed by atoms with Crippen LogP contribution in [0.2, 0.25) is 0 Å². The molecule has 9 heteroatoms. The van der Waals surface area contributed by atoms with Crippen molar-refractivity contribution in [1.29, 1.82) is 0 Å². The van der Waals surface area contributed by atoms with Crippen LogP contribution < -0.4 is 5.32 Å². The van der Waals surface area contributed by atoms with Gasteiger partial charge in [-0.3, -0.25) is 19.6 Å². The average molecular weight is 316 g/mol. The van der Waals surface area contributed by atoms with Gasteiger partial charge in [-0.25, -0.2) is 4.98 Å². The zero-order valence-corrected chi connectivity index (χ0v) is 12.5. The Morgan fingerprint density at radius 2 is 2.26 bits per heavy atom. The molecule has 1 fully saturated rings. The number of aryl methyl sites for hydroxylation is 1. The molecule has 0 aliphatic carbocycles. The number of likely N-dealkylation sites (tertiary alicyclic amines) is 1. The predicted octanol–water partition coefficient (Wildman–Crippen LogP) is 1.05. The molecule has 0 aromatic carbocycles. The molecule has 1 unspecified atom stereocenters. The third kappa shape index (κ3) is 3.28. The maximum absolute atomic E-state index is 12.3. The van der Waals surface area contributed by atoms with Gasteiger partial charge in [0.2, 0.25) is 0 Å². The Balaban J connectivity index is 1.59. The number of nitrogens with zero attached hydrogens (tertiary/aromatic N) is 5. The number of anilines is 1. The molecular weight excluding hydrogens is 300 g/mol. The number of hydrogen-bond donors (Lipinski definition) is 1. The van der Waals surface area contributed by atoms with Crippen molar-refractivity contribution in [2.24, 2.45) is 7.05 Å². The molecule has 2 aromatic heterocycles. The summed E-state index contributed by atoms with van der Waals surface area (Å²) in [6.07, 6.45) is 5.27. The van der Waals surface area contributed by atoms with Crippen molar-refractivity contribution in [3.63, 3.8) is 0 Å². The minimum Gasteiger partial charge on any atom is -0.365 e. The Morgan fingerprint density at radius 3 is 2.87 bits per heavy atom. The van der Waals surface area contributed by atoms with Crippen LogP contribution in [-0.2, 0) is 7.05 Å². The second-order valence-electron chi connectivity index (χ2n) is 5.44. The van der Waals surface area contributed by atoms with Crippen LogP contribution in [0.3, 0.4) is 0 Å². The normalized spacial score (nSPS) is 17.3. The van der Waals surface area contributed by atoms with Crippen molar-refractivity contribution >= 4 is 17.4 Å². The molecule has 0 bridgehead atoms. The first-order chi connectivity index (χ1) is 11.0. The van der Waals surface area contributed by atoms with Gasteiger partial charge in [-0.05, 0) is 12.5 Å². The van der Waals surface area contributed by atoms with Crippen LogP contribution in [0.4, 0.5) is 11.5 Å². The fourth-order valence-corrected chi connectivity index (χ4v) is 2.57. The molecule has 0 spiro atoms. The van der Waals surface area contributed by atoms with Crippen LogP contribution in [0.5, 0.6) is 0 Å². The zero-order chi connectivity index (χ0) is 16.4. The molecule has 2 aromatic rings. The fraction of sp³-hybridized carbons (Fsp3) is 0.357. The summed E-state index contributed by atoms with van der Waals surface area (Å²) in [5, 5.41) is 17.8. The highest BCUT2D eigenvalue weighted by molar-refractivity contribution is 5.94. The third-order valence-corrected chi connectivity index (χ3v) is 3.74. The van der Waals surface area contributed by atoms with Crippen LogP contribution in [0.15, 0.2) is 30.7 Å². The van der Waals surface area contributed by atoms with Crippen LogP contribution >= 0.6 is 0 Å². The van der Waals surface area contributed by atoms with E-state index in [0.29, 0.717) is 24.5 Å². The summed E-state index contributed by atoms with van der Waals surface area (Å²) in [6.45, 7) is 1.21. The quantitative estimate of drug-likeness (QED) is 0.667. The lowest BCUT2D eigenvalue weighted by Crippen LogP contribution is -2.31. The van der Waals surface area contributed by atoms with E-state index in [1.54, 1.807) is 35.1 Å². The molecule has 9 nitrogen and oxygen atoms in total. The predicted molar refractivity (Wildman–Crippen MR) is 82.0 cm³/mol. The maximum Gasteiger partial charge on any atom is 0.287 e. The number of aromatic nitrogens is 3. The molecule has 0 saturated carbocycles. The van der Waals surface area contributed by atoms with Crippen molar-refractivity contribution in [3.8, 4) is 0 Å². The van der Waals surface area contributed by atoms with Crippen molar-refractivity contribution in [3.05, 3.63) is 46.4 Å². The number of pyridine rings is 1. The molecule has 1 aliphatic heterocycles. The molecule has 1 N–H and O–H groups in total. The van der Waals surface area contributed by atoms with Crippen LogP contribution in [-0.4, -0.2) is 49.6 Å². The monoisotopic (exact) mass is 316 g/mol. The van der Waals surface area contributed by atoms with Gasteiger partial charge in [0, 0.05) is 38.4 Å². The van der Waals surface area contributed by atoms with E-state index in [1.165, 1.54) is 12.3 Å². The van der Waals surface area contributed by atoms with Gasteiger partial charge in [0.1, 0.15) is 12.0 Å². The molecule has 1 aliphatic rings. The summed E-state index contributed by atoms with van der Waals surface area (Å²) in [6, 6.07) is 3.05. The van der Waals surface area contributed by atoms with Gasteiger partial charge in [-0.15, -0.1) is 0 Å². The van der Waals surface area contributed by atoms with Crippen LogP contribution in [0.25, 0.3) is 0 Å². The van der Waals surface area contributed by atoms with Gasteiger partial charge in [0.05, 0.1) is 16.7 Å². The highest BCUT2D eigenvalue weighted by Crippen LogP contribution is 2.18. The Kier molecular flexibility index (Phi) is 3.92. The SMILES string of the molecule is Cn1cc(C(=O)N2CCC(Nc3ccc([N+](=O)[O-])cn3)C2)cn1. The number of amides is 1. The molecular formula is C14H16N6O3. The minimum atomic E-state index is -0.485. The van der Waals surface area contributed by atoms with Gasteiger partial charge in [-0.1, -0.05) is 0 Å². The highest BCUT2D eigenvalue weighted by Gasteiger charge is 2.27. The number of hydrogen-bond acceptors (Lipinski definition) is 6. The zero-order valence-electron chi connectivity index (χ0n) is 12.5. The van der Waals surface area contributed by atoms with E-state index in [2.05, 4.69) is 15.4 Å². The van der Waals surface area contributed by atoms with E-state index in [4.69, 9.17) is 0 Å². The summed E-state index contributed by atoms with van der Waals surface area (Å²) in [5.41, 5.74) is 0.525. The second-order valence-corrected chi connectivity index (χ2v) is 5.44. The van der Waals surface area contributed by atoms with Crippen LogP contribution in [0.1, 0.15) is 16.8 Å². The lowest BCUT2D eigenvalue weighted by molar-refractivity contribution is -0.385. The number of nitrogens with one attached hydrogen (secondary N) is 1. The van der Waals surface area contributed by atoms with E-state index >= 15 is 0 Å². The van der Waals surface area contributed by atoms with Crippen LogP contribution in [0, 0.1) is 10.1 Å². The van der Waals surface area contributed by atoms with Gasteiger partial charge < -0.3 is 10.2 Å². The topological polar surface area (TPSA) is 106 Å². The van der Waals surface area contributed by atoms with E-state index in [9.17, 15) is 14.9 Å². The van der Waals surface area contributed by atoms with E-state index in [-0.39, 0.29) is 17.6 Å². The molecule has 1 saturated heterocycles. The summed E-state index contributed by atoms with van der Waals surface area (Å²) in [7, 11) is 1.77. The van der Waals surface area contributed by atoms with Crippen molar-refractivity contribution in [2.75, 3.05) is 18.4 Å². The molecule has 120 valence electrons. The van der Waals surface area contributed by atoms with Gasteiger partial charge in [0.25, 0.3) is 11.6 Å². The number of nitro groups is 1. The van der Waals surface area contributed by atoms with Crippen molar-refractivity contribution in [2.45, 2.75) is 12.5 Å². The summed E-state index contributed by atoms with van der Waals surface area (Å²) in [5.74, 6) is 0.523. The summed E-state index contributed by atoms with van der Waals surface area (Å²) in [4.78, 5) is 28.2. The summed E-state index contributed by atoms with van der Waals surface area (Å²) >= 11 is 0. The second kappa shape index (κ2) is 6.03. The first kappa shape index (κ1) is 14.9. The lowest BCUT2D eigenvalue weighted by atomic mass is 10.2. The fourth-order valence-electron chi connectivity index (χ4n) is 2.57. The number of carbonyl (C=O) groups is 1. The molecule has 3 rings (SSSR count). The first-order valence-corrected chi connectivity index (χ1v) is 7.18. The largest absolute Gasteiger partial charge is 0.365 e. The van der Waals surface area contributed by atoms with Crippen molar-refractivity contribution in [1.82, 2.24) is 19.7 Å². The molecule has 0 radical (unpaired) electrons. The third-order valence-electron chi connectivity index (χ3n) is 3.74. The number of carbonyl (C=O) groups excluding carboxylic acids is 1. The molecule has 1 atom stereocenters. The van der Waals surface area contributed by atoms with E-state index in [1.807, 2.05) is 0 Å². The molecule has 1 amide bonds. The Hall–Kier alpha value is -2.97. The number of rotatable bonds is 4. The Morgan fingerprint density at radius 1 is 1.43 bits per heavy atom. The van der Waals surface area contributed by atoms with Gasteiger partial charge >= 0.3 is 0 Å². The Bertz CT molecular complexity index is 726. The summed E-state index contributed by atoms with van der Waals surface area (Å²) < 4.78 is 1.60. The van der Waals surface area contributed by atoms with Gasteiger partial charge in [-0.2, -0.15) is 5.10 Å². The average Bonchev–Trinajstić information content (AvgIpc) is 3.16. The lowest BCUT2D eigenvalue weighted by Gasteiger charge is -2.16. The minimum absolute atomic E-state index is 0.0425. The van der Waals surface area contributed by atoms with E-state index in [0.717, 1.165) is 6.42 Å². The van der Waals surface area contributed by atoms with Crippen molar-refractivity contribution < 1.29 is 9.72 Å². The van der Waals surface area contributed by atoms with Gasteiger partial charge in [0.15, 0.2) is 0 Å². The smallest absolute Gasteiger partial charge is 0.287 e. The highest BCUT2D eigenvalue weighted by atomic mass is 16.6.